The van der Waals surface area contributed by atoms with E-state index in [0.29, 0.717) is 17.0 Å². The summed E-state index contributed by atoms with van der Waals surface area (Å²) in [6.07, 6.45) is -1.48. The van der Waals surface area contributed by atoms with Gasteiger partial charge in [-0.25, -0.2) is 4.79 Å². The standard InChI is InChI=1S/C28H38N4O7/c1-17-8-7-9-18(2)23(17)24(25(35)30-19-10-12-20(38-6)13-11-19)32(14-15-33)26(36)21(16-22(29)34)31-27(37)39-28(3,4)5/h7-13,21,24,33H,14-16H2,1-6H3,(H2,29,34)(H,30,35)(H,31,37). The Morgan fingerprint density at radius 3 is 2.10 bits per heavy atom. The number of hydrogen-bond acceptors (Lipinski definition) is 7. The second-order valence-electron chi connectivity index (χ2n) is 10.1. The molecule has 212 valence electrons. The van der Waals surface area contributed by atoms with Gasteiger partial charge in [-0.15, -0.1) is 0 Å². The fraction of sp³-hybridized carbons (Fsp3) is 0.429. The maximum absolute atomic E-state index is 13.9. The lowest BCUT2D eigenvalue weighted by Gasteiger charge is -2.35. The summed E-state index contributed by atoms with van der Waals surface area (Å²) in [6, 6.07) is 9.42. The molecule has 0 saturated carbocycles. The van der Waals surface area contributed by atoms with Gasteiger partial charge in [-0.3, -0.25) is 14.4 Å². The fourth-order valence-electron chi connectivity index (χ4n) is 4.10. The number of carbonyl (C=O) groups is 4. The van der Waals surface area contributed by atoms with Crippen molar-refractivity contribution in [3.05, 3.63) is 59.2 Å². The highest BCUT2D eigenvalue weighted by atomic mass is 16.6. The number of methoxy groups -OCH3 is 1. The number of aryl methyl sites for hydroxylation is 2. The molecule has 39 heavy (non-hydrogen) atoms. The number of ether oxygens (including phenoxy) is 2. The highest BCUT2D eigenvalue weighted by Gasteiger charge is 2.38. The van der Waals surface area contributed by atoms with Gasteiger partial charge in [0.25, 0.3) is 5.91 Å². The third-order valence-corrected chi connectivity index (χ3v) is 5.75. The van der Waals surface area contributed by atoms with E-state index in [-0.39, 0.29) is 6.54 Å². The first kappa shape index (κ1) is 31.1. The molecule has 2 atom stereocenters. The zero-order chi connectivity index (χ0) is 29.3. The van der Waals surface area contributed by atoms with Gasteiger partial charge in [0.05, 0.1) is 20.1 Å². The first-order valence-corrected chi connectivity index (χ1v) is 12.5. The van der Waals surface area contributed by atoms with Crippen molar-refractivity contribution < 1.29 is 33.8 Å². The summed E-state index contributed by atoms with van der Waals surface area (Å²) in [6.45, 7) is 7.80. The number of hydrogen-bond donors (Lipinski definition) is 4. The molecular weight excluding hydrogens is 504 g/mol. The van der Waals surface area contributed by atoms with E-state index in [1.807, 2.05) is 6.07 Å². The number of benzene rings is 2. The lowest BCUT2D eigenvalue weighted by atomic mass is 9.93. The van der Waals surface area contributed by atoms with Crippen LogP contribution in [0.5, 0.6) is 5.75 Å². The van der Waals surface area contributed by atoms with Crippen molar-refractivity contribution in [1.29, 1.82) is 0 Å². The highest BCUT2D eigenvalue weighted by Crippen LogP contribution is 2.30. The Kier molecular flexibility index (Phi) is 10.9. The molecule has 0 saturated heterocycles. The van der Waals surface area contributed by atoms with Crippen molar-refractivity contribution in [1.82, 2.24) is 10.2 Å². The molecule has 0 fully saturated rings. The molecule has 0 radical (unpaired) electrons. The van der Waals surface area contributed by atoms with Gasteiger partial charge in [0.2, 0.25) is 11.8 Å². The van der Waals surface area contributed by atoms with Crippen molar-refractivity contribution in [2.24, 2.45) is 5.73 Å². The van der Waals surface area contributed by atoms with E-state index in [4.69, 9.17) is 15.2 Å². The number of aliphatic hydroxyl groups is 1. The van der Waals surface area contributed by atoms with E-state index >= 15 is 0 Å². The molecule has 2 aromatic carbocycles. The van der Waals surface area contributed by atoms with E-state index in [9.17, 15) is 24.3 Å². The molecule has 0 bridgehead atoms. The van der Waals surface area contributed by atoms with E-state index < -0.39 is 54.5 Å². The number of anilines is 1. The smallest absolute Gasteiger partial charge is 0.408 e. The Morgan fingerprint density at radius 2 is 1.62 bits per heavy atom. The second-order valence-corrected chi connectivity index (χ2v) is 10.1. The molecule has 11 heteroatoms. The minimum Gasteiger partial charge on any atom is -0.497 e. The molecule has 4 amide bonds. The topological polar surface area (TPSA) is 160 Å². The number of nitrogens with zero attached hydrogens (tertiary/aromatic N) is 1. The van der Waals surface area contributed by atoms with Gasteiger partial charge in [-0.1, -0.05) is 18.2 Å². The average molecular weight is 543 g/mol. The van der Waals surface area contributed by atoms with Crippen LogP contribution in [0.15, 0.2) is 42.5 Å². The van der Waals surface area contributed by atoms with Crippen LogP contribution in [0.3, 0.4) is 0 Å². The van der Waals surface area contributed by atoms with Crippen LogP contribution in [-0.2, 0) is 19.1 Å². The minimum atomic E-state index is -1.44. The summed E-state index contributed by atoms with van der Waals surface area (Å²) in [5.41, 5.74) is 6.97. The molecule has 2 unspecified atom stereocenters. The largest absolute Gasteiger partial charge is 0.497 e. The summed E-state index contributed by atoms with van der Waals surface area (Å²) >= 11 is 0. The van der Waals surface area contributed by atoms with Gasteiger partial charge in [0, 0.05) is 12.2 Å². The Balaban J connectivity index is 2.56. The summed E-state index contributed by atoms with van der Waals surface area (Å²) in [4.78, 5) is 53.2. The van der Waals surface area contributed by atoms with E-state index in [0.717, 1.165) is 16.0 Å². The lowest BCUT2D eigenvalue weighted by Crippen LogP contribution is -2.54. The fourth-order valence-corrected chi connectivity index (χ4v) is 4.10. The predicted octanol–water partition coefficient (Wildman–Crippen LogP) is 2.58. The zero-order valence-corrected chi connectivity index (χ0v) is 23.2. The van der Waals surface area contributed by atoms with Crippen molar-refractivity contribution in [3.63, 3.8) is 0 Å². The highest BCUT2D eigenvalue weighted by molar-refractivity contribution is 6.00. The summed E-state index contributed by atoms with van der Waals surface area (Å²) in [5.74, 6) is -1.60. The van der Waals surface area contributed by atoms with E-state index in [1.54, 1.807) is 71.0 Å². The van der Waals surface area contributed by atoms with E-state index in [2.05, 4.69) is 10.6 Å². The number of alkyl carbamates (subject to hydrolysis) is 1. The molecule has 0 heterocycles. The molecule has 0 aliphatic heterocycles. The summed E-state index contributed by atoms with van der Waals surface area (Å²) in [5, 5.41) is 15.1. The Labute approximate surface area is 228 Å². The third-order valence-electron chi connectivity index (χ3n) is 5.75. The van der Waals surface area contributed by atoms with Gasteiger partial charge >= 0.3 is 6.09 Å². The molecule has 2 aromatic rings. The number of primary amides is 1. The minimum absolute atomic E-state index is 0.265. The molecule has 0 aliphatic carbocycles. The van der Waals surface area contributed by atoms with Crippen LogP contribution in [0.25, 0.3) is 0 Å². The Morgan fingerprint density at radius 1 is 1.03 bits per heavy atom. The van der Waals surface area contributed by atoms with Crippen LogP contribution < -0.4 is 21.1 Å². The van der Waals surface area contributed by atoms with Crippen molar-refractivity contribution in [3.8, 4) is 5.75 Å². The predicted molar refractivity (Wildman–Crippen MR) is 146 cm³/mol. The van der Waals surface area contributed by atoms with Crippen LogP contribution in [0.4, 0.5) is 10.5 Å². The second kappa shape index (κ2) is 13.6. The van der Waals surface area contributed by atoms with Gasteiger partial charge in [-0.05, 0) is 75.6 Å². The number of nitrogens with two attached hydrogens (primary N) is 1. The van der Waals surface area contributed by atoms with E-state index in [1.165, 1.54) is 7.11 Å². The molecule has 2 rings (SSSR count). The molecular formula is C28H38N4O7. The SMILES string of the molecule is COc1ccc(NC(=O)C(c2c(C)cccc2C)N(CCO)C(=O)C(CC(N)=O)NC(=O)OC(C)(C)C)cc1. The number of amides is 4. The number of aliphatic hydroxyl groups excluding tert-OH is 1. The van der Waals surface area contributed by atoms with Crippen LogP contribution >= 0.6 is 0 Å². The normalized spacial score (nSPS) is 12.6. The Bertz CT molecular complexity index is 1160. The van der Waals surface area contributed by atoms with Crippen molar-refractivity contribution in [2.75, 3.05) is 25.6 Å². The summed E-state index contributed by atoms with van der Waals surface area (Å²) in [7, 11) is 1.52. The van der Waals surface area contributed by atoms with Crippen LogP contribution in [-0.4, -0.2) is 65.7 Å². The zero-order valence-electron chi connectivity index (χ0n) is 23.2. The lowest BCUT2D eigenvalue weighted by molar-refractivity contribution is -0.142. The number of nitrogens with one attached hydrogen (secondary N) is 2. The van der Waals surface area contributed by atoms with Gasteiger partial charge in [0.15, 0.2) is 0 Å². The molecule has 0 aromatic heterocycles. The van der Waals surface area contributed by atoms with Crippen LogP contribution in [0.1, 0.15) is 49.9 Å². The van der Waals surface area contributed by atoms with Gasteiger partial charge < -0.3 is 35.8 Å². The molecule has 0 spiro atoms. The quantitative estimate of drug-likeness (QED) is 0.339. The first-order chi connectivity index (χ1) is 18.3. The summed E-state index contributed by atoms with van der Waals surface area (Å²) < 4.78 is 10.4. The number of carbonyl (C=O) groups excluding carboxylic acids is 4. The molecule has 11 nitrogen and oxygen atoms in total. The Hall–Kier alpha value is -4.12. The third kappa shape index (κ3) is 8.99. The molecule has 5 N–H and O–H groups in total. The maximum Gasteiger partial charge on any atom is 0.408 e. The monoisotopic (exact) mass is 542 g/mol. The maximum atomic E-state index is 13.9. The first-order valence-electron chi connectivity index (χ1n) is 12.5. The van der Waals surface area contributed by atoms with Crippen LogP contribution in [0.2, 0.25) is 0 Å². The average Bonchev–Trinajstić information content (AvgIpc) is 2.83. The number of rotatable bonds is 11. The van der Waals surface area contributed by atoms with Crippen LogP contribution in [0, 0.1) is 13.8 Å². The molecule has 0 aliphatic rings. The van der Waals surface area contributed by atoms with Crippen molar-refractivity contribution >= 4 is 29.5 Å². The van der Waals surface area contributed by atoms with Gasteiger partial charge in [-0.2, -0.15) is 0 Å². The van der Waals surface area contributed by atoms with Crippen molar-refractivity contribution in [2.45, 2.75) is 58.7 Å². The van der Waals surface area contributed by atoms with Gasteiger partial charge in [0.1, 0.15) is 23.4 Å².